The first-order valence-corrected chi connectivity index (χ1v) is 7.61. The van der Waals surface area contributed by atoms with Crippen LogP contribution >= 0.6 is 11.3 Å². The molecule has 0 fully saturated rings. The highest BCUT2D eigenvalue weighted by Crippen LogP contribution is 2.29. The Bertz CT molecular complexity index is 592. The molecule has 2 N–H and O–H groups in total. The topological polar surface area (TPSA) is 61.5 Å². The highest BCUT2D eigenvalue weighted by Gasteiger charge is 2.16. The second-order valence-corrected chi connectivity index (χ2v) is 5.73. The van der Waals surface area contributed by atoms with Crippen molar-refractivity contribution in [1.29, 1.82) is 0 Å². The van der Waals surface area contributed by atoms with Crippen molar-refractivity contribution in [2.45, 2.75) is 19.4 Å². The van der Waals surface area contributed by atoms with Gasteiger partial charge in [-0.1, -0.05) is 0 Å². The molecule has 0 aliphatic rings. The van der Waals surface area contributed by atoms with E-state index in [4.69, 9.17) is 15.2 Å². The van der Waals surface area contributed by atoms with Gasteiger partial charge in [0.1, 0.15) is 11.8 Å². The van der Waals surface area contributed by atoms with Crippen LogP contribution in [0.5, 0.6) is 5.75 Å². The number of esters is 1. The fraction of sp³-hybridized carbons (Fsp3) is 0.312. The summed E-state index contributed by atoms with van der Waals surface area (Å²) in [6.45, 7) is 2.13. The van der Waals surface area contributed by atoms with Crippen molar-refractivity contribution >= 4 is 17.3 Å². The first-order valence-electron chi connectivity index (χ1n) is 6.79. The van der Waals surface area contributed by atoms with E-state index in [9.17, 15) is 4.79 Å². The van der Waals surface area contributed by atoms with Crippen LogP contribution in [0.1, 0.15) is 11.8 Å². The quantitative estimate of drug-likeness (QED) is 0.834. The van der Waals surface area contributed by atoms with Gasteiger partial charge in [-0.05, 0) is 48.9 Å². The molecule has 0 saturated heterocycles. The number of benzene rings is 1. The third-order valence-electron chi connectivity index (χ3n) is 3.05. The molecule has 1 unspecified atom stereocenters. The molecule has 0 bridgehead atoms. The van der Waals surface area contributed by atoms with Crippen LogP contribution < -0.4 is 10.5 Å². The zero-order valence-electron chi connectivity index (χ0n) is 12.2. The lowest BCUT2D eigenvalue weighted by molar-refractivity contribution is -0.144. The van der Waals surface area contributed by atoms with Crippen molar-refractivity contribution in [3.63, 3.8) is 0 Å². The number of hydrogen-bond acceptors (Lipinski definition) is 5. The number of carbonyl (C=O) groups is 1. The Hall–Kier alpha value is -1.85. The maximum absolute atomic E-state index is 11.5. The molecule has 0 radical (unpaired) electrons. The van der Waals surface area contributed by atoms with E-state index < -0.39 is 6.04 Å². The van der Waals surface area contributed by atoms with Crippen molar-refractivity contribution in [2.75, 3.05) is 13.7 Å². The van der Waals surface area contributed by atoms with Crippen LogP contribution in [0.25, 0.3) is 10.4 Å². The monoisotopic (exact) mass is 305 g/mol. The molecule has 0 saturated carbocycles. The number of methoxy groups -OCH3 is 1. The van der Waals surface area contributed by atoms with Crippen LogP contribution in [0, 0.1) is 0 Å². The minimum absolute atomic E-state index is 0.350. The van der Waals surface area contributed by atoms with Gasteiger partial charge in [-0.25, -0.2) is 0 Å². The SMILES string of the molecule is CCOC(=O)C(N)Cc1ccc(-c2ccc(OC)cc2)s1. The fourth-order valence-electron chi connectivity index (χ4n) is 1.95. The van der Waals surface area contributed by atoms with E-state index in [1.165, 1.54) is 0 Å². The van der Waals surface area contributed by atoms with Crippen molar-refractivity contribution in [2.24, 2.45) is 5.73 Å². The second kappa shape index (κ2) is 7.24. The highest BCUT2D eigenvalue weighted by molar-refractivity contribution is 7.15. The van der Waals surface area contributed by atoms with Crippen LogP contribution in [-0.4, -0.2) is 25.7 Å². The lowest BCUT2D eigenvalue weighted by atomic mass is 10.1. The number of ether oxygens (including phenoxy) is 2. The van der Waals surface area contributed by atoms with Crippen molar-refractivity contribution < 1.29 is 14.3 Å². The van der Waals surface area contributed by atoms with E-state index in [1.54, 1.807) is 25.4 Å². The molecule has 1 aromatic heterocycles. The van der Waals surface area contributed by atoms with Crippen LogP contribution in [0.4, 0.5) is 0 Å². The minimum Gasteiger partial charge on any atom is -0.497 e. The summed E-state index contributed by atoms with van der Waals surface area (Å²) in [4.78, 5) is 13.8. The lowest BCUT2D eigenvalue weighted by Gasteiger charge is -2.08. The summed E-state index contributed by atoms with van der Waals surface area (Å²) in [5.74, 6) is 0.483. The zero-order valence-corrected chi connectivity index (χ0v) is 13.0. The normalized spacial score (nSPS) is 12.0. The first-order chi connectivity index (χ1) is 10.1. The number of thiophene rings is 1. The van der Waals surface area contributed by atoms with Gasteiger partial charge in [0, 0.05) is 16.2 Å². The van der Waals surface area contributed by atoms with E-state index in [1.807, 2.05) is 36.4 Å². The van der Waals surface area contributed by atoms with Gasteiger partial charge >= 0.3 is 5.97 Å². The van der Waals surface area contributed by atoms with E-state index in [0.29, 0.717) is 13.0 Å². The highest BCUT2D eigenvalue weighted by atomic mass is 32.1. The Morgan fingerprint density at radius 3 is 2.57 bits per heavy atom. The maximum Gasteiger partial charge on any atom is 0.323 e. The summed E-state index contributed by atoms with van der Waals surface area (Å²) >= 11 is 1.63. The maximum atomic E-state index is 11.5. The Labute approximate surface area is 128 Å². The number of rotatable bonds is 6. The summed E-state index contributed by atoms with van der Waals surface area (Å²) in [6, 6.07) is 11.3. The summed E-state index contributed by atoms with van der Waals surface area (Å²) in [7, 11) is 1.65. The molecule has 112 valence electrons. The smallest absolute Gasteiger partial charge is 0.323 e. The molecule has 1 aromatic carbocycles. The molecule has 0 spiro atoms. The standard InChI is InChI=1S/C16H19NO3S/c1-3-20-16(18)14(17)10-13-8-9-15(21-13)11-4-6-12(19-2)7-5-11/h4-9,14H,3,10,17H2,1-2H3. The molecule has 1 atom stereocenters. The first kappa shape index (κ1) is 15.5. The van der Waals surface area contributed by atoms with Crippen LogP contribution in [-0.2, 0) is 16.0 Å². The predicted molar refractivity (Wildman–Crippen MR) is 84.6 cm³/mol. The van der Waals surface area contributed by atoms with Gasteiger partial charge in [0.2, 0.25) is 0 Å². The minimum atomic E-state index is -0.604. The second-order valence-electron chi connectivity index (χ2n) is 4.56. The summed E-state index contributed by atoms with van der Waals surface area (Å²) in [6.07, 6.45) is 0.500. The average molecular weight is 305 g/mol. The largest absolute Gasteiger partial charge is 0.497 e. The Kier molecular flexibility index (Phi) is 5.36. The molecule has 5 heteroatoms. The summed E-state index contributed by atoms with van der Waals surface area (Å²) in [5.41, 5.74) is 6.96. The molecule has 2 rings (SSSR count). The Morgan fingerprint density at radius 2 is 1.95 bits per heavy atom. The van der Waals surface area contributed by atoms with Gasteiger partial charge in [-0.3, -0.25) is 4.79 Å². The lowest BCUT2D eigenvalue weighted by Crippen LogP contribution is -2.34. The number of nitrogens with two attached hydrogens (primary N) is 1. The van der Waals surface area contributed by atoms with Gasteiger partial charge in [-0.15, -0.1) is 11.3 Å². The average Bonchev–Trinajstić information content (AvgIpc) is 2.96. The molecule has 0 aliphatic carbocycles. The molecular weight excluding hydrogens is 286 g/mol. The van der Waals surface area contributed by atoms with Crippen LogP contribution in [0.2, 0.25) is 0 Å². The van der Waals surface area contributed by atoms with E-state index in [0.717, 1.165) is 21.1 Å². The molecule has 4 nitrogen and oxygen atoms in total. The zero-order chi connectivity index (χ0) is 15.2. The van der Waals surface area contributed by atoms with Gasteiger partial charge in [0.05, 0.1) is 13.7 Å². The van der Waals surface area contributed by atoms with Crippen LogP contribution in [0.3, 0.4) is 0 Å². The molecule has 0 aliphatic heterocycles. The van der Waals surface area contributed by atoms with E-state index in [-0.39, 0.29) is 5.97 Å². The van der Waals surface area contributed by atoms with Gasteiger partial charge in [-0.2, -0.15) is 0 Å². The van der Waals surface area contributed by atoms with E-state index in [2.05, 4.69) is 0 Å². The molecule has 1 heterocycles. The van der Waals surface area contributed by atoms with Gasteiger partial charge < -0.3 is 15.2 Å². The number of carbonyl (C=O) groups excluding carboxylic acids is 1. The molecule has 0 amide bonds. The van der Waals surface area contributed by atoms with E-state index >= 15 is 0 Å². The Morgan fingerprint density at radius 1 is 1.24 bits per heavy atom. The summed E-state index contributed by atoms with van der Waals surface area (Å²) in [5, 5.41) is 0. The van der Waals surface area contributed by atoms with Gasteiger partial charge in [0.15, 0.2) is 0 Å². The van der Waals surface area contributed by atoms with Crippen molar-refractivity contribution in [1.82, 2.24) is 0 Å². The third kappa shape index (κ3) is 4.06. The van der Waals surface area contributed by atoms with Crippen molar-refractivity contribution in [3.8, 4) is 16.2 Å². The van der Waals surface area contributed by atoms with Crippen molar-refractivity contribution in [3.05, 3.63) is 41.3 Å². The predicted octanol–water partition coefficient (Wildman–Crippen LogP) is 2.86. The molecule has 2 aromatic rings. The summed E-state index contributed by atoms with van der Waals surface area (Å²) < 4.78 is 10.1. The molecular formula is C16H19NO3S. The van der Waals surface area contributed by atoms with Gasteiger partial charge in [0.25, 0.3) is 0 Å². The Balaban J connectivity index is 2.05. The molecule has 21 heavy (non-hydrogen) atoms. The fourth-order valence-corrected chi connectivity index (χ4v) is 3.02. The van der Waals surface area contributed by atoms with Crippen LogP contribution in [0.15, 0.2) is 36.4 Å². The number of hydrogen-bond donors (Lipinski definition) is 1. The third-order valence-corrected chi connectivity index (χ3v) is 4.20.